The zero-order chi connectivity index (χ0) is 20.6. The van der Waals surface area contributed by atoms with Gasteiger partial charge in [-0.2, -0.15) is 0 Å². The summed E-state index contributed by atoms with van der Waals surface area (Å²) in [5, 5.41) is 0. The van der Waals surface area contributed by atoms with Gasteiger partial charge in [0.05, 0.1) is 25.4 Å². The van der Waals surface area contributed by atoms with Crippen molar-refractivity contribution < 1.29 is 28.5 Å². The van der Waals surface area contributed by atoms with Crippen LogP contribution in [0.4, 0.5) is 0 Å². The zero-order valence-corrected chi connectivity index (χ0v) is 18.0. The molecule has 2 aliphatic rings. The maximum atomic E-state index is 11.7. The predicted molar refractivity (Wildman–Crippen MR) is 111 cm³/mol. The molecule has 6 nitrogen and oxygen atoms in total. The first kappa shape index (κ1) is 24.1. The van der Waals surface area contributed by atoms with Crippen molar-refractivity contribution in [2.24, 2.45) is 0 Å². The Morgan fingerprint density at radius 2 is 1.10 bits per heavy atom. The topological polar surface area (TPSA) is 71.1 Å². The van der Waals surface area contributed by atoms with Gasteiger partial charge in [-0.15, -0.1) is 0 Å². The normalized spacial score (nSPS) is 21.4. The van der Waals surface area contributed by atoms with Crippen molar-refractivity contribution in [2.45, 2.75) is 109 Å². The minimum absolute atomic E-state index is 0.0936. The minimum atomic E-state index is -0.0936. The largest absolute Gasteiger partial charge is 0.466 e. The Bertz CT molecular complexity index is 401. The number of ether oxygens (including phenoxy) is 4. The maximum absolute atomic E-state index is 11.7. The summed E-state index contributed by atoms with van der Waals surface area (Å²) in [5.41, 5.74) is 0. The molecule has 6 heteroatoms. The van der Waals surface area contributed by atoms with Crippen molar-refractivity contribution in [1.29, 1.82) is 0 Å². The van der Waals surface area contributed by atoms with E-state index in [2.05, 4.69) is 0 Å². The maximum Gasteiger partial charge on any atom is 0.305 e. The third kappa shape index (κ3) is 12.2. The summed E-state index contributed by atoms with van der Waals surface area (Å²) in [4.78, 5) is 23.4. The zero-order valence-electron chi connectivity index (χ0n) is 18.0. The van der Waals surface area contributed by atoms with E-state index in [0.29, 0.717) is 38.3 Å². The summed E-state index contributed by atoms with van der Waals surface area (Å²) < 4.78 is 21.7. The van der Waals surface area contributed by atoms with Gasteiger partial charge in [-0.05, 0) is 64.2 Å². The quantitative estimate of drug-likeness (QED) is 0.270. The molecule has 2 heterocycles. The van der Waals surface area contributed by atoms with Crippen molar-refractivity contribution in [1.82, 2.24) is 0 Å². The summed E-state index contributed by atoms with van der Waals surface area (Å²) in [6, 6.07) is 0. The van der Waals surface area contributed by atoms with Crippen molar-refractivity contribution in [3.05, 3.63) is 0 Å². The lowest BCUT2D eigenvalue weighted by Crippen LogP contribution is -2.10. The number of esters is 2. The third-order valence-electron chi connectivity index (χ3n) is 5.68. The van der Waals surface area contributed by atoms with Crippen LogP contribution >= 0.6 is 0 Å². The average molecular weight is 413 g/mol. The van der Waals surface area contributed by atoms with Crippen LogP contribution < -0.4 is 0 Å². The third-order valence-corrected chi connectivity index (χ3v) is 5.68. The number of unbranched alkanes of at least 4 members (excludes halogenated alkanes) is 4. The number of hydrogen-bond donors (Lipinski definition) is 0. The molecular weight excluding hydrogens is 372 g/mol. The van der Waals surface area contributed by atoms with Gasteiger partial charge in [0.15, 0.2) is 0 Å². The van der Waals surface area contributed by atoms with Crippen molar-refractivity contribution >= 4 is 11.9 Å². The summed E-state index contributed by atoms with van der Waals surface area (Å²) in [7, 11) is 0. The van der Waals surface area contributed by atoms with Crippen LogP contribution in [0, 0.1) is 0 Å². The summed E-state index contributed by atoms with van der Waals surface area (Å²) >= 11 is 0. The van der Waals surface area contributed by atoms with Crippen LogP contribution in [-0.2, 0) is 28.5 Å². The number of carbonyl (C=O) groups is 2. The predicted octanol–water partition coefficient (Wildman–Crippen LogP) is 4.72. The van der Waals surface area contributed by atoms with E-state index in [9.17, 15) is 9.59 Å². The van der Waals surface area contributed by atoms with Crippen LogP contribution in [0.1, 0.15) is 96.3 Å². The highest BCUT2D eigenvalue weighted by Gasteiger charge is 2.15. The summed E-state index contributed by atoms with van der Waals surface area (Å²) in [6.07, 6.45) is 14.8. The molecule has 0 radical (unpaired) electrons. The van der Waals surface area contributed by atoms with Crippen LogP contribution in [-0.4, -0.2) is 50.6 Å². The second-order valence-corrected chi connectivity index (χ2v) is 8.26. The Kier molecular flexibility index (Phi) is 13.0. The molecule has 29 heavy (non-hydrogen) atoms. The van der Waals surface area contributed by atoms with Gasteiger partial charge in [0.25, 0.3) is 0 Å². The van der Waals surface area contributed by atoms with Crippen molar-refractivity contribution in [3.63, 3.8) is 0 Å². The van der Waals surface area contributed by atoms with Crippen molar-refractivity contribution in [3.8, 4) is 0 Å². The van der Waals surface area contributed by atoms with E-state index in [1.807, 2.05) is 0 Å². The monoisotopic (exact) mass is 412 g/mol. The Labute approximate surface area is 176 Å². The van der Waals surface area contributed by atoms with E-state index >= 15 is 0 Å². The Hall–Kier alpha value is -1.14. The number of hydrogen-bond acceptors (Lipinski definition) is 6. The molecule has 0 spiro atoms. The van der Waals surface area contributed by atoms with Crippen LogP contribution in [0.5, 0.6) is 0 Å². The molecule has 0 aromatic rings. The molecule has 0 aromatic carbocycles. The van der Waals surface area contributed by atoms with E-state index < -0.39 is 0 Å². The highest BCUT2D eigenvalue weighted by molar-refractivity contribution is 5.69. The Balaban J connectivity index is 1.29. The lowest BCUT2D eigenvalue weighted by atomic mass is 10.1. The first-order valence-electron chi connectivity index (χ1n) is 11.8. The molecule has 2 fully saturated rings. The van der Waals surface area contributed by atoms with Crippen LogP contribution in [0.15, 0.2) is 0 Å². The highest BCUT2D eigenvalue weighted by atomic mass is 16.5. The van der Waals surface area contributed by atoms with Crippen LogP contribution in [0.25, 0.3) is 0 Å². The molecular formula is C23H40O6. The fourth-order valence-corrected chi connectivity index (χ4v) is 3.95. The summed E-state index contributed by atoms with van der Waals surface area (Å²) in [6.45, 7) is 2.77. The first-order valence-corrected chi connectivity index (χ1v) is 11.8. The van der Waals surface area contributed by atoms with Gasteiger partial charge in [-0.1, -0.05) is 19.3 Å². The smallest absolute Gasteiger partial charge is 0.305 e. The fraction of sp³-hybridized carbons (Fsp3) is 0.913. The second-order valence-electron chi connectivity index (χ2n) is 8.26. The molecule has 0 unspecified atom stereocenters. The van der Waals surface area contributed by atoms with Gasteiger partial charge >= 0.3 is 11.9 Å². The van der Waals surface area contributed by atoms with E-state index in [1.54, 1.807) is 0 Å². The Morgan fingerprint density at radius 3 is 1.52 bits per heavy atom. The van der Waals surface area contributed by atoms with E-state index in [-0.39, 0.29) is 11.9 Å². The second kappa shape index (κ2) is 15.7. The minimum Gasteiger partial charge on any atom is -0.466 e. The first-order chi connectivity index (χ1) is 14.2. The lowest BCUT2D eigenvalue weighted by Gasteiger charge is -2.09. The molecule has 0 amide bonds. The van der Waals surface area contributed by atoms with E-state index in [4.69, 9.17) is 18.9 Å². The fourth-order valence-electron chi connectivity index (χ4n) is 3.95. The molecule has 0 aliphatic carbocycles. The SMILES string of the molecule is O=C(CCCCCCCC(=O)OCCC[C@H]1CCCO1)OCCC[C@@H]1CCCO1. The van der Waals surface area contributed by atoms with Gasteiger partial charge in [-0.25, -0.2) is 0 Å². The highest BCUT2D eigenvalue weighted by Crippen LogP contribution is 2.17. The van der Waals surface area contributed by atoms with Gasteiger partial charge in [0.1, 0.15) is 0 Å². The average Bonchev–Trinajstić information content (AvgIpc) is 3.42. The molecule has 2 atom stereocenters. The van der Waals surface area contributed by atoms with Crippen LogP contribution in [0.2, 0.25) is 0 Å². The Morgan fingerprint density at radius 1 is 0.655 bits per heavy atom. The standard InChI is InChI=1S/C23H40O6/c24-22(28-18-8-12-20-10-6-16-26-20)14-4-2-1-3-5-15-23(25)29-19-9-13-21-11-7-17-27-21/h20-21H,1-19H2/t20-,21+. The number of carbonyl (C=O) groups excluding carboxylic acids is 2. The van der Waals surface area contributed by atoms with E-state index in [0.717, 1.165) is 96.7 Å². The molecule has 0 aromatic heterocycles. The van der Waals surface area contributed by atoms with Gasteiger partial charge < -0.3 is 18.9 Å². The van der Waals surface area contributed by atoms with Crippen molar-refractivity contribution in [2.75, 3.05) is 26.4 Å². The van der Waals surface area contributed by atoms with Gasteiger partial charge in [0, 0.05) is 26.1 Å². The van der Waals surface area contributed by atoms with Crippen LogP contribution in [0.3, 0.4) is 0 Å². The van der Waals surface area contributed by atoms with Gasteiger partial charge in [0.2, 0.25) is 0 Å². The molecule has 0 bridgehead atoms. The summed E-state index contributed by atoms with van der Waals surface area (Å²) in [5.74, 6) is -0.187. The molecule has 0 saturated carbocycles. The molecule has 2 aliphatic heterocycles. The molecule has 0 N–H and O–H groups in total. The van der Waals surface area contributed by atoms with E-state index in [1.165, 1.54) is 0 Å². The number of rotatable bonds is 16. The molecule has 168 valence electrons. The lowest BCUT2D eigenvalue weighted by molar-refractivity contribution is -0.144. The molecule has 2 saturated heterocycles. The molecule has 2 rings (SSSR count). The van der Waals surface area contributed by atoms with Gasteiger partial charge in [-0.3, -0.25) is 9.59 Å².